The zero-order valence-electron chi connectivity index (χ0n) is 28.1. The Morgan fingerprint density at radius 2 is 1.59 bits per heavy atom. The Hall–Kier alpha value is -3.04. The molecule has 1 saturated heterocycles. The van der Waals surface area contributed by atoms with Gasteiger partial charge in [-0.2, -0.15) is 0 Å². The largest absolute Gasteiger partial charge is 0.388 e. The molecule has 2 aliphatic heterocycles. The van der Waals surface area contributed by atoms with Gasteiger partial charge in [0.25, 0.3) is 5.91 Å². The first-order valence-electron chi connectivity index (χ1n) is 16.1. The fraction of sp³-hybridized carbons (Fsp3) is 0.556. The highest BCUT2D eigenvalue weighted by atomic mass is 16.5. The van der Waals surface area contributed by atoms with E-state index in [1.54, 1.807) is 21.1 Å². The molecule has 1 aliphatic carbocycles. The molecule has 1 aromatic rings. The summed E-state index contributed by atoms with van der Waals surface area (Å²) in [6.07, 6.45) is 14.4. The minimum Gasteiger partial charge on any atom is -0.388 e. The third-order valence-electron chi connectivity index (χ3n) is 7.33. The van der Waals surface area contributed by atoms with E-state index in [2.05, 4.69) is 75.9 Å². The van der Waals surface area contributed by atoms with Crippen LogP contribution >= 0.6 is 0 Å². The Balaban J connectivity index is 0.000000587. The fourth-order valence-corrected chi connectivity index (χ4v) is 5.21. The Morgan fingerprint density at radius 3 is 2.23 bits per heavy atom. The second-order valence-electron chi connectivity index (χ2n) is 11.5. The van der Waals surface area contributed by atoms with Gasteiger partial charge in [-0.3, -0.25) is 14.5 Å². The van der Waals surface area contributed by atoms with Crippen LogP contribution in [-0.4, -0.2) is 99.6 Å². The maximum atomic E-state index is 13.1. The quantitative estimate of drug-likeness (QED) is 0.306. The number of allylic oxidation sites excluding steroid dienone is 5. The summed E-state index contributed by atoms with van der Waals surface area (Å²) < 4.78 is 9.38. The number of methoxy groups -OCH3 is 1. The van der Waals surface area contributed by atoms with Gasteiger partial charge in [0, 0.05) is 85.0 Å². The zero-order chi connectivity index (χ0) is 32.2. The molecule has 0 spiro atoms. The highest BCUT2D eigenvalue weighted by molar-refractivity contribution is 5.98. The van der Waals surface area contributed by atoms with E-state index in [4.69, 9.17) is 4.74 Å². The number of aryl methyl sites for hydroxylation is 1. The van der Waals surface area contributed by atoms with Crippen molar-refractivity contribution in [1.82, 2.24) is 20.0 Å². The molecule has 0 aromatic heterocycles. The molecular formula is C36H56N4O4. The van der Waals surface area contributed by atoms with E-state index in [0.29, 0.717) is 13.1 Å². The van der Waals surface area contributed by atoms with Crippen LogP contribution in [0.3, 0.4) is 0 Å². The van der Waals surface area contributed by atoms with E-state index in [9.17, 15) is 9.59 Å². The molecule has 0 unspecified atom stereocenters. The summed E-state index contributed by atoms with van der Waals surface area (Å²) in [5.41, 5.74) is 5.37. The number of carbonyl (C=O) groups is 2. The molecule has 0 radical (unpaired) electrons. The summed E-state index contributed by atoms with van der Waals surface area (Å²) in [4.78, 5) is 31.4. The third-order valence-corrected chi connectivity index (χ3v) is 7.33. The van der Waals surface area contributed by atoms with Crippen molar-refractivity contribution in [1.29, 1.82) is 0 Å². The lowest BCUT2D eigenvalue weighted by molar-refractivity contribution is -0.119. The fourth-order valence-electron chi connectivity index (χ4n) is 5.21. The molecule has 2 heterocycles. The van der Waals surface area contributed by atoms with Gasteiger partial charge in [0.1, 0.15) is 5.78 Å². The van der Waals surface area contributed by atoms with E-state index >= 15 is 0 Å². The van der Waals surface area contributed by atoms with Crippen LogP contribution in [0.2, 0.25) is 0 Å². The summed E-state index contributed by atoms with van der Waals surface area (Å²) in [6.45, 7) is 16.8. The van der Waals surface area contributed by atoms with E-state index in [0.717, 1.165) is 94.9 Å². The first kappa shape index (κ1) is 37.1. The van der Waals surface area contributed by atoms with Gasteiger partial charge < -0.3 is 24.6 Å². The van der Waals surface area contributed by atoms with Crippen LogP contribution in [-0.2, 0) is 25.6 Å². The van der Waals surface area contributed by atoms with Crippen molar-refractivity contribution < 1.29 is 19.1 Å². The normalized spacial score (nSPS) is 16.3. The van der Waals surface area contributed by atoms with Gasteiger partial charge in [-0.25, -0.2) is 0 Å². The van der Waals surface area contributed by atoms with Gasteiger partial charge in [-0.1, -0.05) is 61.9 Å². The monoisotopic (exact) mass is 608 g/mol. The average Bonchev–Trinajstić information content (AvgIpc) is 3.21. The zero-order valence-corrected chi connectivity index (χ0v) is 28.1. The number of rotatable bonds is 13. The molecule has 2 bridgehead atoms. The number of hydrogen-bond acceptors (Lipinski definition) is 7. The predicted octanol–water partition coefficient (Wildman–Crippen LogP) is 5.26. The summed E-state index contributed by atoms with van der Waals surface area (Å²) >= 11 is 0. The number of fused-ring (bicyclic) bond motifs is 2. The van der Waals surface area contributed by atoms with Crippen molar-refractivity contribution in [2.45, 2.75) is 59.9 Å². The minimum atomic E-state index is -0.0197. The van der Waals surface area contributed by atoms with Gasteiger partial charge in [-0.05, 0) is 56.9 Å². The molecule has 3 aliphatic rings. The molecule has 0 atom stereocenters. The molecule has 0 saturated carbocycles. The maximum Gasteiger partial charge on any atom is 0.253 e. The SMILES string of the molecule is CC(=O)CN1CCN(CCCN2C=C(C(=O)NCc3cccc(C)c3)C3=CC=CC=C2C3)CC1.CCCOCCC.COC. The third kappa shape index (κ3) is 14.2. The van der Waals surface area contributed by atoms with Crippen LogP contribution < -0.4 is 5.32 Å². The van der Waals surface area contributed by atoms with Crippen molar-refractivity contribution in [2.75, 3.05) is 73.2 Å². The van der Waals surface area contributed by atoms with Gasteiger partial charge in [0.05, 0.1) is 12.1 Å². The number of piperazine rings is 1. The van der Waals surface area contributed by atoms with E-state index in [-0.39, 0.29) is 11.7 Å². The number of Topliss-reactive ketones (excluding diaryl/α,β-unsaturated/α-hetero) is 1. The molecule has 4 rings (SSSR count). The molecular weight excluding hydrogens is 552 g/mol. The van der Waals surface area contributed by atoms with Crippen LogP contribution in [0.15, 0.2) is 71.6 Å². The minimum absolute atomic E-state index is 0.0197. The molecule has 8 heteroatoms. The van der Waals surface area contributed by atoms with Crippen molar-refractivity contribution >= 4 is 11.7 Å². The van der Waals surface area contributed by atoms with Gasteiger partial charge >= 0.3 is 0 Å². The maximum absolute atomic E-state index is 13.1. The van der Waals surface area contributed by atoms with Crippen LogP contribution in [0.25, 0.3) is 0 Å². The van der Waals surface area contributed by atoms with E-state index in [1.807, 2.05) is 24.4 Å². The van der Waals surface area contributed by atoms with Gasteiger partial charge in [0.2, 0.25) is 0 Å². The molecule has 44 heavy (non-hydrogen) atoms. The van der Waals surface area contributed by atoms with Crippen molar-refractivity contribution in [2.24, 2.45) is 0 Å². The number of ether oxygens (including phenoxy) is 2. The Kier molecular flexibility index (Phi) is 18.3. The molecule has 244 valence electrons. The number of nitrogens with zero attached hydrogens (tertiary/aromatic N) is 3. The molecule has 1 amide bonds. The Labute approximate surface area is 266 Å². The summed E-state index contributed by atoms with van der Waals surface area (Å²) in [5.74, 6) is 0.219. The van der Waals surface area contributed by atoms with Crippen LogP contribution in [0.4, 0.5) is 0 Å². The van der Waals surface area contributed by atoms with Gasteiger partial charge in [-0.15, -0.1) is 0 Å². The van der Waals surface area contributed by atoms with Crippen molar-refractivity contribution in [3.8, 4) is 0 Å². The highest BCUT2D eigenvalue weighted by Crippen LogP contribution is 2.31. The van der Waals surface area contributed by atoms with Crippen molar-refractivity contribution in [3.05, 3.63) is 82.7 Å². The van der Waals surface area contributed by atoms with Crippen LogP contribution in [0.5, 0.6) is 0 Å². The van der Waals surface area contributed by atoms with Crippen LogP contribution in [0.1, 0.15) is 57.6 Å². The molecule has 8 nitrogen and oxygen atoms in total. The number of hydrogen-bond donors (Lipinski definition) is 1. The summed E-state index contributed by atoms with van der Waals surface area (Å²) in [5, 5.41) is 3.11. The second-order valence-corrected chi connectivity index (χ2v) is 11.5. The lowest BCUT2D eigenvalue weighted by Crippen LogP contribution is -2.48. The molecule has 1 fully saturated rings. The topological polar surface area (TPSA) is 74.4 Å². The summed E-state index contributed by atoms with van der Waals surface area (Å²) in [6, 6.07) is 8.24. The number of benzene rings is 1. The lowest BCUT2D eigenvalue weighted by Gasteiger charge is -2.35. The number of nitrogens with one attached hydrogen (secondary N) is 1. The molecule has 1 aromatic carbocycles. The van der Waals surface area contributed by atoms with E-state index in [1.165, 1.54) is 11.3 Å². The standard InChI is InChI=1S/C28H36N4O2.C6H14O.C2H6O/c1-22-7-5-8-24(17-22)19-29-28(34)27-21-32(26-10-4-3-9-25(27)18-26)12-6-11-30-13-15-31(16-14-30)20-23(2)33;1-3-5-7-6-4-2;1-3-2/h3-5,7-10,17,21H,6,11-16,18-20H2,1-2H3,(H,29,34);3-6H2,1-2H3;1-2H3. The average molecular weight is 609 g/mol. The first-order valence-corrected chi connectivity index (χ1v) is 16.1. The smallest absolute Gasteiger partial charge is 0.253 e. The van der Waals surface area contributed by atoms with Gasteiger partial charge in [0.15, 0.2) is 0 Å². The van der Waals surface area contributed by atoms with Crippen LogP contribution in [0, 0.1) is 6.92 Å². The number of ketones is 1. The second kappa shape index (κ2) is 21.6. The number of carbonyl (C=O) groups excluding carboxylic acids is 2. The lowest BCUT2D eigenvalue weighted by atomic mass is 9.96. The van der Waals surface area contributed by atoms with E-state index < -0.39 is 0 Å². The number of amides is 1. The molecule has 1 N–H and O–H groups in total. The Bertz CT molecular complexity index is 1130. The first-order chi connectivity index (χ1) is 21.3. The predicted molar refractivity (Wildman–Crippen MR) is 180 cm³/mol. The summed E-state index contributed by atoms with van der Waals surface area (Å²) in [7, 11) is 3.25. The Morgan fingerprint density at radius 1 is 0.932 bits per heavy atom. The highest BCUT2D eigenvalue weighted by Gasteiger charge is 2.25. The van der Waals surface area contributed by atoms with Crippen molar-refractivity contribution in [3.63, 3.8) is 0 Å².